The Balaban J connectivity index is 9.05. The van der Waals surface area contributed by atoms with E-state index < -0.39 is 111 Å². The summed E-state index contributed by atoms with van der Waals surface area (Å²) in [4.78, 5) is 0. The minimum absolute atomic E-state index is 0.978. The third-order valence-electron chi connectivity index (χ3n) is 5.63. The maximum absolute atomic E-state index is 14.2. The van der Waals surface area contributed by atoms with E-state index in [-0.39, 0.29) is 0 Å². The van der Waals surface area contributed by atoms with Crippen molar-refractivity contribution in [2.24, 2.45) is 0 Å². The number of hydrogen-bond donors (Lipinski definition) is 0. The fraction of sp³-hybridized carbons (Fsp3) is 1.00. The van der Waals surface area contributed by atoms with Crippen LogP contribution in [-0.2, 0) is 15.2 Å². The zero-order chi connectivity index (χ0) is 47.3. The molecular formula is C16AlF36O4-. The molecule has 0 spiro atoms. The standard InChI is InChI=1S/4C4F9O.Al/c4*5-1(6,3(9,10)11)2(7,8)4(12,13)14;/q4*-1;+3. The second-order valence-corrected chi connectivity index (χ2v) is 11.8. The van der Waals surface area contributed by atoms with E-state index in [4.69, 9.17) is 0 Å². The maximum atomic E-state index is 14.2. The first-order valence-corrected chi connectivity index (χ1v) is 13.4. The van der Waals surface area contributed by atoms with Crippen LogP contribution in [0.1, 0.15) is 0 Å². The van der Waals surface area contributed by atoms with Gasteiger partial charge in [0.1, 0.15) is 0 Å². The minimum Gasteiger partial charge on any atom is -0.526 e. The van der Waals surface area contributed by atoms with Gasteiger partial charge in [0.25, 0.3) is 0 Å². The summed E-state index contributed by atoms with van der Waals surface area (Å²) in [5.74, 6) is -74.0. The van der Waals surface area contributed by atoms with E-state index in [0.29, 0.717) is 0 Å². The number of alkyl halides is 36. The molecular weight excluding hydrogens is 967 g/mol. The Morgan fingerprint density at radius 2 is 0.281 bits per heavy atom. The Morgan fingerprint density at radius 1 is 0.175 bits per heavy atom. The molecule has 0 radical (unpaired) electrons. The van der Waals surface area contributed by atoms with Gasteiger partial charge < -0.3 is 15.2 Å². The molecule has 0 aromatic rings. The van der Waals surface area contributed by atoms with Crippen molar-refractivity contribution in [2.45, 2.75) is 96.5 Å². The van der Waals surface area contributed by atoms with Crippen molar-refractivity contribution in [1.82, 2.24) is 0 Å². The summed E-state index contributed by atoms with van der Waals surface area (Å²) in [6, 6.07) is 0. The summed E-state index contributed by atoms with van der Waals surface area (Å²) in [6.07, 6.45) is -72.4. The third kappa shape index (κ3) is 8.59. The van der Waals surface area contributed by atoms with Crippen molar-refractivity contribution in [3.8, 4) is 0 Å². The van der Waals surface area contributed by atoms with E-state index in [2.05, 4.69) is 0 Å². The first kappa shape index (κ1) is 54.9. The van der Waals surface area contributed by atoms with Crippen LogP contribution in [0, 0.1) is 0 Å². The highest BCUT2D eigenvalue weighted by molar-refractivity contribution is 6.54. The van der Waals surface area contributed by atoms with Crippen molar-refractivity contribution in [3.05, 3.63) is 0 Å². The lowest BCUT2D eigenvalue weighted by Crippen LogP contribution is -2.74. The van der Waals surface area contributed by atoms with Crippen molar-refractivity contribution >= 4 is 14.4 Å². The molecule has 0 N–H and O–H groups in total. The van der Waals surface area contributed by atoms with Crippen LogP contribution in [0.4, 0.5) is 158 Å². The highest BCUT2D eigenvalue weighted by Crippen LogP contribution is 2.61. The van der Waals surface area contributed by atoms with Gasteiger partial charge in [0.15, 0.2) is 0 Å². The van der Waals surface area contributed by atoms with E-state index in [1.807, 2.05) is 0 Å². The van der Waals surface area contributed by atoms with Gasteiger partial charge in [-0.3, -0.25) is 0 Å². The lowest BCUT2D eigenvalue weighted by atomic mass is 10.1. The predicted molar refractivity (Wildman–Crippen MR) is 93.7 cm³/mol. The lowest BCUT2D eigenvalue weighted by molar-refractivity contribution is -0.483. The molecule has 0 rings (SSSR count). The zero-order valence-corrected chi connectivity index (χ0v) is 25.0. The molecule has 0 unspecified atom stereocenters. The van der Waals surface area contributed by atoms with Crippen LogP contribution in [-0.4, -0.2) is 111 Å². The van der Waals surface area contributed by atoms with Crippen LogP contribution in [0.15, 0.2) is 0 Å². The topological polar surface area (TPSA) is 36.9 Å². The normalized spacial score (nSPS) is 17.1. The van der Waals surface area contributed by atoms with E-state index in [0.717, 1.165) is 15.2 Å². The molecule has 41 heteroatoms. The highest BCUT2D eigenvalue weighted by Gasteiger charge is 2.91. The number of halogens is 36. The quantitative estimate of drug-likeness (QED) is 0.114. The molecule has 0 aliphatic carbocycles. The Morgan fingerprint density at radius 3 is 0.368 bits per heavy atom. The third-order valence-corrected chi connectivity index (χ3v) is 7.97. The van der Waals surface area contributed by atoms with Gasteiger partial charge in [-0.05, 0) is 0 Å². The van der Waals surface area contributed by atoms with Crippen LogP contribution in [0.25, 0.3) is 0 Å². The van der Waals surface area contributed by atoms with Gasteiger partial charge in [0, 0.05) is 0 Å². The Kier molecular flexibility index (Phi) is 13.4. The van der Waals surface area contributed by atoms with Gasteiger partial charge >= 0.3 is 111 Å². The van der Waals surface area contributed by atoms with Crippen molar-refractivity contribution in [2.75, 3.05) is 0 Å². The summed E-state index contributed by atoms with van der Waals surface area (Å²) in [7, 11) is 0. The monoisotopic (exact) mass is 967 g/mol. The molecule has 0 saturated carbocycles. The molecule has 4 nitrogen and oxygen atoms in total. The number of hydrogen-bond acceptors (Lipinski definition) is 4. The van der Waals surface area contributed by atoms with Gasteiger partial charge in [-0.15, -0.1) is 0 Å². The van der Waals surface area contributed by atoms with Crippen LogP contribution in [0.3, 0.4) is 0 Å². The van der Waals surface area contributed by atoms with Crippen LogP contribution in [0.2, 0.25) is 0 Å². The average Bonchev–Trinajstić information content (AvgIpc) is 2.88. The zero-order valence-electron chi connectivity index (χ0n) is 23.8. The predicted octanol–water partition coefficient (Wildman–Crippen LogP) is 11.2. The van der Waals surface area contributed by atoms with Crippen LogP contribution >= 0.6 is 0 Å². The first-order valence-electron chi connectivity index (χ1n) is 11.6. The van der Waals surface area contributed by atoms with Gasteiger partial charge in [-0.2, -0.15) is 158 Å². The molecule has 57 heavy (non-hydrogen) atoms. The lowest BCUT2D eigenvalue weighted by Gasteiger charge is -2.49. The Labute approximate surface area is 285 Å². The van der Waals surface area contributed by atoms with Crippen LogP contribution < -0.4 is 0 Å². The van der Waals surface area contributed by atoms with E-state index in [1.165, 1.54) is 0 Å². The van der Waals surface area contributed by atoms with E-state index in [1.54, 1.807) is 0 Å². The summed E-state index contributed by atoms with van der Waals surface area (Å²) in [5.41, 5.74) is 0. The van der Waals surface area contributed by atoms with Gasteiger partial charge in [-0.1, -0.05) is 0 Å². The minimum atomic E-state index is -12.5. The molecule has 0 heterocycles. The molecule has 344 valence electrons. The summed E-state index contributed by atoms with van der Waals surface area (Å²) < 4.78 is 481. The molecule has 0 fully saturated rings. The molecule has 0 amide bonds. The molecule has 0 bridgehead atoms. The number of rotatable bonds is 16. The molecule has 0 aromatic heterocycles. The fourth-order valence-electron chi connectivity index (χ4n) is 2.61. The molecule has 0 atom stereocenters. The summed E-state index contributed by atoms with van der Waals surface area (Å²) in [5, 5.41) is 0. The molecule has 0 aromatic carbocycles. The Bertz CT molecular complexity index is 1200. The summed E-state index contributed by atoms with van der Waals surface area (Å²) >= 11 is -12.5. The largest absolute Gasteiger partial charge is 0.892 e. The van der Waals surface area contributed by atoms with Gasteiger partial charge in [0.05, 0.1) is 0 Å². The second kappa shape index (κ2) is 13.9. The van der Waals surface area contributed by atoms with Crippen molar-refractivity contribution < 1.29 is 173 Å². The molecule has 0 aliphatic rings. The van der Waals surface area contributed by atoms with Crippen molar-refractivity contribution in [3.63, 3.8) is 0 Å². The Hall–Kier alpha value is -2.15. The molecule has 0 aliphatic heterocycles. The van der Waals surface area contributed by atoms with Crippen molar-refractivity contribution in [1.29, 1.82) is 0 Å². The SMILES string of the molecule is FC(F)(F)C(F)(F)C(F)(F)C(F)(F)[O][Al-]([O]C(F)(F)C(F)(F)C(F)(F)C(F)(F)F)([O]C(F)(F)C(F)(F)C(F)(F)C(F)(F)F)[O]C(F)(F)C(F)(F)C(F)(F)C(F)(F)F. The maximum Gasteiger partial charge on any atom is 0.892 e. The average molecular weight is 967 g/mol. The smallest absolute Gasteiger partial charge is 0.526 e. The highest BCUT2D eigenvalue weighted by atomic mass is 27.3. The van der Waals surface area contributed by atoms with E-state index >= 15 is 0 Å². The van der Waals surface area contributed by atoms with E-state index in [9.17, 15) is 158 Å². The second-order valence-electron chi connectivity index (χ2n) is 9.70. The molecule has 0 saturated heterocycles. The van der Waals surface area contributed by atoms with Gasteiger partial charge in [-0.25, -0.2) is 0 Å². The fourth-order valence-corrected chi connectivity index (χ4v) is 4.94. The summed E-state index contributed by atoms with van der Waals surface area (Å²) in [6.45, 7) is 0. The van der Waals surface area contributed by atoms with Gasteiger partial charge in [0.2, 0.25) is 0 Å². The first-order chi connectivity index (χ1) is 23.8. The van der Waals surface area contributed by atoms with Crippen LogP contribution in [0.5, 0.6) is 0 Å².